The lowest BCUT2D eigenvalue weighted by Gasteiger charge is -2.33. The molecule has 4 N–H and O–H groups in total. The van der Waals surface area contributed by atoms with Gasteiger partial charge in [0, 0.05) is 18.8 Å². The minimum atomic E-state index is -3.99. The van der Waals surface area contributed by atoms with Gasteiger partial charge in [0.25, 0.3) is 0 Å². The number of hydrogen-bond acceptors (Lipinski definition) is 5. The molecule has 1 aliphatic rings. The highest BCUT2D eigenvalue weighted by Crippen LogP contribution is 2.28. The molecule has 2 atom stereocenters. The zero-order valence-electron chi connectivity index (χ0n) is 11.5. The van der Waals surface area contributed by atoms with Crippen molar-refractivity contribution in [1.29, 1.82) is 0 Å². The Balaban J connectivity index is 2.36. The van der Waals surface area contributed by atoms with Crippen molar-refractivity contribution in [2.45, 2.75) is 11.3 Å². The molecule has 0 aromatic heterocycles. The fourth-order valence-corrected chi connectivity index (χ4v) is 4.02. The first-order valence-electron chi connectivity index (χ1n) is 6.53. The maximum atomic E-state index is 12.6. The number of benzene rings is 1. The van der Waals surface area contributed by atoms with E-state index in [4.69, 9.17) is 15.9 Å². The van der Waals surface area contributed by atoms with Crippen molar-refractivity contribution in [2.24, 2.45) is 11.8 Å². The normalized spacial score (nSPS) is 23.1. The molecule has 8 nitrogen and oxygen atoms in total. The summed E-state index contributed by atoms with van der Waals surface area (Å²) in [5, 5.41) is 18.2. The quantitative estimate of drug-likeness (QED) is 0.664. The van der Waals surface area contributed by atoms with Crippen LogP contribution in [0, 0.1) is 11.8 Å². The largest absolute Gasteiger partial charge is 0.481 e. The molecule has 0 spiro atoms. The summed E-state index contributed by atoms with van der Waals surface area (Å²) in [5.74, 6) is -4.52. The van der Waals surface area contributed by atoms with Crippen LogP contribution >= 0.6 is 0 Å². The summed E-state index contributed by atoms with van der Waals surface area (Å²) in [7, 11) is -3.99. The van der Waals surface area contributed by atoms with E-state index in [9.17, 15) is 18.0 Å². The average molecular weight is 328 g/mol. The Hall–Kier alpha value is -2.13. The fourth-order valence-electron chi connectivity index (χ4n) is 2.44. The number of anilines is 1. The van der Waals surface area contributed by atoms with E-state index in [2.05, 4.69) is 0 Å². The van der Waals surface area contributed by atoms with Crippen LogP contribution in [0.5, 0.6) is 0 Å². The third-order valence-electron chi connectivity index (χ3n) is 3.61. The van der Waals surface area contributed by atoms with E-state index >= 15 is 0 Å². The Morgan fingerprint density at radius 2 is 1.68 bits per heavy atom. The standard InChI is InChI=1S/C13H16N2O6S/c14-10-2-1-3-11(5-10)22(20,21)15-6-8(12(16)17)4-9(7-15)13(18)19/h1-3,5,8-9H,4,6-7,14H2,(H,16,17)(H,18,19). The van der Waals surface area contributed by atoms with Crippen molar-refractivity contribution in [2.75, 3.05) is 18.8 Å². The van der Waals surface area contributed by atoms with E-state index in [1.165, 1.54) is 24.3 Å². The molecule has 22 heavy (non-hydrogen) atoms. The highest BCUT2D eigenvalue weighted by atomic mass is 32.2. The number of sulfonamides is 1. The molecule has 0 aliphatic carbocycles. The van der Waals surface area contributed by atoms with Crippen LogP contribution in [0.1, 0.15) is 6.42 Å². The topological polar surface area (TPSA) is 138 Å². The monoisotopic (exact) mass is 328 g/mol. The van der Waals surface area contributed by atoms with E-state index < -0.39 is 33.8 Å². The van der Waals surface area contributed by atoms with Crippen LogP contribution in [0.2, 0.25) is 0 Å². The predicted molar refractivity (Wildman–Crippen MR) is 76.5 cm³/mol. The minimum Gasteiger partial charge on any atom is -0.481 e. The minimum absolute atomic E-state index is 0.0809. The molecule has 0 amide bonds. The Morgan fingerprint density at radius 1 is 1.14 bits per heavy atom. The van der Waals surface area contributed by atoms with Crippen LogP contribution in [0.15, 0.2) is 29.2 Å². The first-order chi connectivity index (χ1) is 10.2. The Kier molecular flexibility index (Phi) is 4.38. The van der Waals surface area contributed by atoms with E-state index in [0.717, 1.165) is 4.31 Å². The second-order valence-electron chi connectivity index (χ2n) is 5.20. The van der Waals surface area contributed by atoms with Gasteiger partial charge in [0.2, 0.25) is 10.0 Å². The van der Waals surface area contributed by atoms with E-state index in [0.29, 0.717) is 0 Å². The van der Waals surface area contributed by atoms with Crippen molar-refractivity contribution in [1.82, 2.24) is 4.31 Å². The molecule has 2 unspecified atom stereocenters. The van der Waals surface area contributed by atoms with Crippen LogP contribution in [0.3, 0.4) is 0 Å². The van der Waals surface area contributed by atoms with Crippen LogP contribution in [0.4, 0.5) is 5.69 Å². The summed E-state index contributed by atoms with van der Waals surface area (Å²) in [4.78, 5) is 22.2. The van der Waals surface area contributed by atoms with Crippen molar-refractivity contribution in [3.05, 3.63) is 24.3 Å². The van der Waals surface area contributed by atoms with E-state index in [1.807, 2.05) is 0 Å². The fraction of sp³-hybridized carbons (Fsp3) is 0.385. The third kappa shape index (κ3) is 3.20. The zero-order valence-corrected chi connectivity index (χ0v) is 12.4. The number of carboxylic acids is 2. The van der Waals surface area contributed by atoms with Gasteiger partial charge >= 0.3 is 11.9 Å². The molecule has 9 heteroatoms. The van der Waals surface area contributed by atoms with Crippen molar-refractivity contribution < 1.29 is 28.2 Å². The molecule has 0 saturated carbocycles. The number of rotatable bonds is 4. The van der Waals surface area contributed by atoms with Crippen LogP contribution in [-0.4, -0.2) is 48.0 Å². The van der Waals surface area contributed by atoms with E-state index in [-0.39, 0.29) is 30.1 Å². The molecule has 0 bridgehead atoms. The molecule has 1 aromatic rings. The first-order valence-corrected chi connectivity index (χ1v) is 7.97. The number of nitrogens with two attached hydrogens (primary N) is 1. The number of nitrogens with zero attached hydrogens (tertiary/aromatic N) is 1. The summed E-state index contributed by atoms with van der Waals surface area (Å²) in [6, 6.07) is 5.59. The van der Waals surface area contributed by atoms with Crippen molar-refractivity contribution in [3.63, 3.8) is 0 Å². The third-order valence-corrected chi connectivity index (χ3v) is 5.44. The smallest absolute Gasteiger partial charge is 0.307 e. The van der Waals surface area contributed by atoms with Crippen LogP contribution in [-0.2, 0) is 19.6 Å². The number of hydrogen-bond donors (Lipinski definition) is 3. The summed E-state index contributed by atoms with van der Waals surface area (Å²) in [6.45, 7) is -0.507. The maximum Gasteiger partial charge on any atom is 0.307 e. The summed E-state index contributed by atoms with van der Waals surface area (Å²) in [5.41, 5.74) is 5.82. The number of piperidine rings is 1. The van der Waals surface area contributed by atoms with Gasteiger partial charge in [-0.25, -0.2) is 8.42 Å². The van der Waals surface area contributed by atoms with Gasteiger partial charge in [-0.1, -0.05) is 6.07 Å². The lowest BCUT2D eigenvalue weighted by Crippen LogP contribution is -2.48. The van der Waals surface area contributed by atoms with Gasteiger partial charge in [0.1, 0.15) is 0 Å². The second kappa shape index (κ2) is 5.93. The van der Waals surface area contributed by atoms with Gasteiger partial charge in [-0.2, -0.15) is 4.31 Å². The predicted octanol–water partition coefficient (Wildman–Crippen LogP) is 0.0648. The maximum absolute atomic E-state index is 12.6. The highest BCUT2D eigenvalue weighted by Gasteiger charge is 2.40. The van der Waals surface area contributed by atoms with Crippen LogP contribution in [0.25, 0.3) is 0 Å². The molecule has 2 rings (SSSR count). The van der Waals surface area contributed by atoms with Gasteiger partial charge in [-0.05, 0) is 24.6 Å². The molecular weight excluding hydrogens is 312 g/mol. The SMILES string of the molecule is Nc1cccc(S(=O)(=O)N2CC(C(=O)O)CC(C(=O)O)C2)c1. The summed E-state index contributed by atoms with van der Waals surface area (Å²) < 4.78 is 26.0. The summed E-state index contributed by atoms with van der Waals surface area (Å²) in [6.07, 6.45) is -0.0897. The van der Waals surface area contributed by atoms with Gasteiger partial charge in [-0.15, -0.1) is 0 Å². The lowest BCUT2D eigenvalue weighted by molar-refractivity contribution is -0.148. The molecule has 0 radical (unpaired) electrons. The van der Waals surface area contributed by atoms with Gasteiger partial charge < -0.3 is 15.9 Å². The van der Waals surface area contributed by atoms with Gasteiger partial charge in [0.15, 0.2) is 0 Å². The highest BCUT2D eigenvalue weighted by molar-refractivity contribution is 7.89. The summed E-state index contributed by atoms with van der Waals surface area (Å²) >= 11 is 0. The number of carbonyl (C=O) groups is 2. The molecule has 1 fully saturated rings. The second-order valence-corrected chi connectivity index (χ2v) is 7.14. The molecule has 1 aliphatic heterocycles. The molecule has 1 heterocycles. The Labute approximate surface area is 127 Å². The Morgan fingerprint density at radius 3 is 2.14 bits per heavy atom. The van der Waals surface area contributed by atoms with Crippen molar-refractivity contribution >= 4 is 27.6 Å². The molecule has 120 valence electrons. The molecule has 1 aromatic carbocycles. The van der Waals surface area contributed by atoms with Gasteiger partial charge in [0.05, 0.1) is 16.7 Å². The van der Waals surface area contributed by atoms with Crippen molar-refractivity contribution in [3.8, 4) is 0 Å². The van der Waals surface area contributed by atoms with Crippen LogP contribution < -0.4 is 5.73 Å². The number of nitrogen functional groups attached to an aromatic ring is 1. The zero-order chi connectivity index (χ0) is 16.5. The van der Waals surface area contributed by atoms with E-state index in [1.54, 1.807) is 0 Å². The lowest BCUT2D eigenvalue weighted by atomic mass is 9.91. The van der Waals surface area contributed by atoms with Gasteiger partial charge in [-0.3, -0.25) is 9.59 Å². The first kappa shape index (κ1) is 16.2. The molecular formula is C13H16N2O6S. The molecule has 1 saturated heterocycles. The number of aliphatic carboxylic acids is 2. The number of carboxylic acid groups (broad SMARTS) is 2. The Bertz CT molecular complexity index is 680. The average Bonchev–Trinajstić information content (AvgIpc) is 2.46.